The Kier molecular flexibility index (Phi) is 4.39. The molecule has 0 amide bonds. The first-order chi connectivity index (χ1) is 10.0. The van der Waals surface area contributed by atoms with Crippen molar-refractivity contribution in [1.82, 2.24) is 0 Å². The molecule has 0 bridgehead atoms. The van der Waals surface area contributed by atoms with Crippen LogP contribution in [0.2, 0.25) is 0 Å². The number of methoxy groups -OCH3 is 1. The molecule has 2 rings (SSSR count). The molecule has 0 saturated carbocycles. The average molecular weight is 289 g/mol. The summed E-state index contributed by atoms with van der Waals surface area (Å²) in [5.74, 6) is 0.952. The van der Waals surface area contributed by atoms with E-state index < -0.39 is 11.0 Å². The molecular weight excluding hydrogens is 274 g/mol. The van der Waals surface area contributed by atoms with Gasteiger partial charge in [0.1, 0.15) is 0 Å². The van der Waals surface area contributed by atoms with E-state index in [9.17, 15) is 15.2 Å². The molecule has 1 atom stereocenters. The fourth-order valence-electron chi connectivity index (χ4n) is 1.84. The minimum Gasteiger partial charge on any atom is -0.493 e. The molecule has 0 radical (unpaired) electrons. The van der Waals surface area contributed by atoms with Crippen LogP contribution in [0, 0.1) is 10.1 Å². The highest BCUT2D eigenvalue weighted by Crippen LogP contribution is 2.37. The van der Waals surface area contributed by atoms with E-state index in [-0.39, 0.29) is 11.4 Å². The van der Waals surface area contributed by atoms with E-state index >= 15 is 0 Å². The number of para-hydroxylation sites is 2. The summed E-state index contributed by atoms with van der Waals surface area (Å²) in [7, 11) is 1.49. The molecule has 6 nitrogen and oxygen atoms in total. The van der Waals surface area contributed by atoms with Crippen LogP contribution in [0.25, 0.3) is 0 Å². The lowest BCUT2D eigenvalue weighted by Gasteiger charge is -2.11. The van der Waals surface area contributed by atoms with Gasteiger partial charge in [-0.05, 0) is 30.7 Å². The summed E-state index contributed by atoms with van der Waals surface area (Å²) in [6.07, 6.45) is -0.788. The zero-order valence-electron chi connectivity index (χ0n) is 11.6. The van der Waals surface area contributed by atoms with Gasteiger partial charge in [0.05, 0.1) is 18.1 Å². The number of hydrogen-bond acceptors (Lipinski definition) is 5. The van der Waals surface area contributed by atoms with E-state index in [1.165, 1.54) is 19.2 Å². The van der Waals surface area contributed by atoms with Gasteiger partial charge in [0.15, 0.2) is 11.5 Å². The first kappa shape index (κ1) is 14.8. The number of ether oxygens (including phenoxy) is 2. The van der Waals surface area contributed by atoms with Crippen LogP contribution >= 0.6 is 0 Å². The molecule has 0 unspecified atom stereocenters. The Morgan fingerprint density at radius 1 is 1.14 bits per heavy atom. The van der Waals surface area contributed by atoms with Crippen LogP contribution in [-0.4, -0.2) is 17.1 Å². The van der Waals surface area contributed by atoms with Crippen molar-refractivity contribution in [2.24, 2.45) is 0 Å². The topological polar surface area (TPSA) is 81.8 Å². The molecule has 6 heteroatoms. The second kappa shape index (κ2) is 6.23. The number of nitro groups is 1. The van der Waals surface area contributed by atoms with Crippen molar-refractivity contribution in [2.75, 3.05) is 7.11 Å². The van der Waals surface area contributed by atoms with E-state index in [1.807, 2.05) is 0 Å². The zero-order valence-corrected chi connectivity index (χ0v) is 11.6. The maximum atomic E-state index is 11.2. The molecule has 0 spiro atoms. The Morgan fingerprint density at radius 2 is 1.81 bits per heavy atom. The van der Waals surface area contributed by atoms with E-state index in [0.717, 1.165) is 0 Å². The number of aliphatic hydroxyl groups is 1. The number of benzene rings is 2. The molecule has 1 N–H and O–H groups in total. The summed E-state index contributed by atoms with van der Waals surface area (Å²) >= 11 is 0. The SMILES string of the molecule is COc1ccccc1Oc1ccc([C@@H](C)O)cc1[N+](=O)[O-]. The van der Waals surface area contributed by atoms with Crippen LogP contribution in [0.3, 0.4) is 0 Å². The second-order valence-corrected chi connectivity index (χ2v) is 4.41. The third-order valence-corrected chi connectivity index (χ3v) is 2.95. The Labute approximate surface area is 121 Å². The summed E-state index contributed by atoms with van der Waals surface area (Å²) in [4.78, 5) is 10.6. The lowest BCUT2D eigenvalue weighted by molar-refractivity contribution is -0.385. The summed E-state index contributed by atoms with van der Waals surface area (Å²) in [6, 6.07) is 11.2. The van der Waals surface area contributed by atoms with Gasteiger partial charge in [0.25, 0.3) is 0 Å². The summed E-state index contributed by atoms with van der Waals surface area (Å²) in [6.45, 7) is 1.54. The van der Waals surface area contributed by atoms with Crippen molar-refractivity contribution in [3.05, 3.63) is 58.1 Å². The number of hydrogen-bond donors (Lipinski definition) is 1. The monoisotopic (exact) mass is 289 g/mol. The van der Waals surface area contributed by atoms with Gasteiger partial charge < -0.3 is 14.6 Å². The van der Waals surface area contributed by atoms with Crippen LogP contribution in [0.4, 0.5) is 5.69 Å². The molecule has 0 aliphatic heterocycles. The van der Waals surface area contributed by atoms with Crippen LogP contribution in [0.1, 0.15) is 18.6 Å². The predicted molar refractivity (Wildman–Crippen MR) is 76.8 cm³/mol. The highest BCUT2D eigenvalue weighted by atomic mass is 16.6. The van der Waals surface area contributed by atoms with Crippen molar-refractivity contribution >= 4 is 5.69 Å². The minimum atomic E-state index is -0.788. The van der Waals surface area contributed by atoms with Gasteiger partial charge in [0.2, 0.25) is 5.75 Å². The third-order valence-electron chi connectivity index (χ3n) is 2.95. The maximum Gasteiger partial charge on any atom is 0.311 e. The molecule has 0 fully saturated rings. The smallest absolute Gasteiger partial charge is 0.311 e. The normalized spacial score (nSPS) is 11.8. The van der Waals surface area contributed by atoms with Gasteiger partial charge >= 0.3 is 5.69 Å². The fraction of sp³-hybridized carbons (Fsp3) is 0.200. The lowest BCUT2D eigenvalue weighted by atomic mass is 10.1. The van der Waals surface area contributed by atoms with Crippen LogP contribution in [0.15, 0.2) is 42.5 Å². The molecule has 0 aliphatic carbocycles. The Bertz CT molecular complexity index is 654. The number of aliphatic hydroxyl groups excluding tert-OH is 1. The van der Waals surface area contributed by atoms with Crippen LogP contribution in [0.5, 0.6) is 17.2 Å². The van der Waals surface area contributed by atoms with E-state index in [2.05, 4.69) is 0 Å². The predicted octanol–water partition coefficient (Wildman–Crippen LogP) is 3.45. The molecular formula is C15H15NO5. The summed E-state index contributed by atoms with van der Waals surface area (Å²) in [5, 5.41) is 20.7. The second-order valence-electron chi connectivity index (χ2n) is 4.41. The van der Waals surface area contributed by atoms with Gasteiger partial charge in [-0.25, -0.2) is 0 Å². The van der Waals surface area contributed by atoms with Gasteiger partial charge in [0, 0.05) is 6.07 Å². The van der Waals surface area contributed by atoms with Crippen molar-refractivity contribution < 1.29 is 19.5 Å². The molecule has 0 heterocycles. The molecule has 21 heavy (non-hydrogen) atoms. The van der Waals surface area contributed by atoms with Crippen molar-refractivity contribution in [2.45, 2.75) is 13.0 Å². The Balaban J connectivity index is 2.42. The highest BCUT2D eigenvalue weighted by molar-refractivity contribution is 5.52. The standard InChI is InChI=1S/C15H15NO5/c1-10(17)11-7-8-13(12(9-11)16(18)19)21-15-6-4-3-5-14(15)20-2/h3-10,17H,1-2H3/t10-/m1/s1. The molecule has 0 saturated heterocycles. The molecule has 0 aliphatic rings. The third kappa shape index (κ3) is 3.29. The largest absolute Gasteiger partial charge is 0.493 e. The Morgan fingerprint density at radius 3 is 2.38 bits per heavy atom. The van der Waals surface area contributed by atoms with Crippen molar-refractivity contribution in [3.63, 3.8) is 0 Å². The van der Waals surface area contributed by atoms with Gasteiger partial charge in [-0.3, -0.25) is 10.1 Å². The molecule has 110 valence electrons. The van der Waals surface area contributed by atoms with E-state index in [1.54, 1.807) is 37.3 Å². The van der Waals surface area contributed by atoms with Crippen molar-refractivity contribution in [1.29, 1.82) is 0 Å². The summed E-state index contributed by atoms with van der Waals surface area (Å²) in [5.41, 5.74) is 0.244. The molecule has 0 aromatic heterocycles. The van der Waals surface area contributed by atoms with Gasteiger partial charge in [-0.1, -0.05) is 18.2 Å². The average Bonchev–Trinajstić information content (AvgIpc) is 2.47. The maximum absolute atomic E-state index is 11.2. The Hall–Kier alpha value is -2.60. The minimum absolute atomic E-state index is 0.0916. The lowest BCUT2D eigenvalue weighted by Crippen LogP contribution is -1.98. The first-order valence-electron chi connectivity index (χ1n) is 6.30. The fourth-order valence-corrected chi connectivity index (χ4v) is 1.84. The quantitative estimate of drug-likeness (QED) is 0.673. The highest BCUT2D eigenvalue weighted by Gasteiger charge is 2.19. The number of rotatable bonds is 5. The summed E-state index contributed by atoms with van der Waals surface area (Å²) < 4.78 is 10.7. The van der Waals surface area contributed by atoms with Crippen LogP contribution < -0.4 is 9.47 Å². The first-order valence-corrected chi connectivity index (χ1v) is 6.30. The zero-order chi connectivity index (χ0) is 15.4. The van der Waals surface area contributed by atoms with Crippen LogP contribution in [-0.2, 0) is 0 Å². The van der Waals surface area contributed by atoms with Gasteiger partial charge in [-0.15, -0.1) is 0 Å². The van der Waals surface area contributed by atoms with E-state index in [0.29, 0.717) is 17.1 Å². The van der Waals surface area contributed by atoms with E-state index in [4.69, 9.17) is 9.47 Å². The number of nitro benzene ring substituents is 1. The molecule has 2 aromatic carbocycles. The van der Waals surface area contributed by atoms with Crippen molar-refractivity contribution in [3.8, 4) is 17.2 Å². The number of nitrogens with zero attached hydrogens (tertiary/aromatic N) is 1. The molecule has 2 aromatic rings. The van der Waals surface area contributed by atoms with Gasteiger partial charge in [-0.2, -0.15) is 0 Å².